The maximum absolute atomic E-state index is 13.7. The Morgan fingerprint density at radius 3 is 1.25 bits per heavy atom. The Kier molecular flexibility index (Phi) is 10.8. The van der Waals surface area contributed by atoms with Crippen LogP contribution < -0.4 is 0 Å². The number of carbonyl (C=O) groups is 1. The minimum atomic E-state index is -9.07. The standard InChI is InChI=1S/C18H16F20O2/c1-2-3-4-5-6-8(39)40-7-10(21,22)12(25,26)14(29,30)16(33,34)18(37,38)17(35,36)15(31,32)13(27,28)11(23,24)9(19)20/h9H,2-7H2,1H3. The smallest absolute Gasteiger partial charge is 0.385 e. The van der Waals surface area contributed by atoms with Crippen molar-refractivity contribution in [1.29, 1.82) is 0 Å². The summed E-state index contributed by atoms with van der Waals surface area (Å²) in [6, 6.07) is 0. The van der Waals surface area contributed by atoms with E-state index in [4.69, 9.17) is 0 Å². The number of esters is 1. The summed E-state index contributed by atoms with van der Waals surface area (Å²) in [5.74, 6) is -77.6. The number of hydrogen-bond donors (Lipinski definition) is 0. The Morgan fingerprint density at radius 2 is 0.900 bits per heavy atom. The van der Waals surface area contributed by atoms with Gasteiger partial charge in [-0.3, -0.25) is 4.79 Å². The molecule has 240 valence electrons. The molecule has 0 aromatic carbocycles. The molecular weight excluding hydrogens is 628 g/mol. The lowest BCUT2D eigenvalue weighted by Gasteiger charge is -2.44. The minimum absolute atomic E-state index is 0.187. The molecule has 0 radical (unpaired) electrons. The second kappa shape index (κ2) is 11.4. The van der Waals surface area contributed by atoms with E-state index in [-0.39, 0.29) is 12.8 Å². The minimum Gasteiger partial charge on any atom is -0.459 e. The average molecular weight is 644 g/mol. The number of unbranched alkanes of at least 4 members (excludes halogenated alkanes) is 3. The summed E-state index contributed by atoms with van der Waals surface area (Å²) >= 11 is 0. The van der Waals surface area contributed by atoms with E-state index in [2.05, 4.69) is 4.74 Å². The molecule has 0 aliphatic heterocycles. The van der Waals surface area contributed by atoms with Crippen molar-refractivity contribution in [3.63, 3.8) is 0 Å². The van der Waals surface area contributed by atoms with Crippen molar-refractivity contribution < 1.29 is 97.3 Å². The lowest BCUT2D eigenvalue weighted by molar-refractivity contribution is -0.465. The zero-order chi connectivity index (χ0) is 32.6. The summed E-state index contributed by atoms with van der Waals surface area (Å²) in [6.07, 6.45) is -6.02. The van der Waals surface area contributed by atoms with Crippen molar-refractivity contribution in [2.75, 3.05) is 6.61 Å². The maximum atomic E-state index is 13.7. The Bertz CT molecular complexity index is 865. The zero-order valence-electron chi connectivity index (χ0n) is 19.2. The van der Waals surface area contributed by atoms with Crippen LogP contribution in [0.4, 0.5) is 87.8 Å². The van der Waals surface area contributed by atoms with Crippen LogP contribution in [0, 0.1) is 0 Å². The fraction of sp³-hybridized carbons (Fsp3) is 0.944. The summed E-state index contributed by atoms with van der Waals surface area (Å²) in [7, 11) is 0. The number of carbonyl (C=O) groups excluding carboxylic acids is 1. The van der Waals surface area contributed by atoms with E-state index in [1.807, 2.05) is 0 Å². The van der Waals surface area contributed by atoms with Gasteiger partial charge in [0, 0.05) is 6.42 Å². The molecule has 0 atom stereocenters. The van der Waals surface area contributed by atoms with Crippen LogP contribution in [0.2, 0.25) is 0 Å². The van der Waals surface area contributed by atoms with Gasteiger partial charge in [-0.15, -0.1) is 0 Å². The molecule has 0 amide bonds. The van der Waals surface area contributed by atoms with E-state index >= 15 is 0 Å². The lowest BCUT2D eigenvalue weighted by atomic mass is 9.86. The summed E-state index contributed by atoms with van der Waals surface area (Å²) in [6.45, 7) is -1.68. The molecule has 0 N–H and O–H groups in total. The summed E-state index contributed by atoms with van der Waals surface area (Å²) in [5.41, 5.74) is 0. The van der Waals surface area contributed by atoms with Crippen molar-refractivity contribution in [2.24, 2.45) is 0 Å². The van der Waals surface area contributed by atoms with E-state index in [0.717, 1.165) is 0 Å². The number of alkyl halides is 20. The van der Waals surface area contributed by atoms with E-state index in [1.165, 1.54) is 0 Å². The van der Waals surface area contributed by atoms with Crippen LogP contribution in [0.1, 0.15) is 39.0 Å². The Morgan fingerprint density at radius 1 is 0.550 bits per heavy atom. The molecule has 22 heteroatoms. The third-order valence-corrected chi connectivity index (χ3v) is 5.17. The van der Waals surface area contributed by atoms with Gasteiger partial charge >= 0.3 is 65.7 Å². The highest BCUT2D eigenvalue weighted by molar-refractivity contribution is 5.69. The van der Waals surface area contributed by atoms with Crippen LogP contribution >= 0.6 is 0 Å². The summed E-state index contributed by atoms with van der Waals surface area (Å²) < 4.78 is 270. The highest BCUT2D eigenvalue weighted by Crippen LogP contribution is 2.65. The third kappa shape index (κ3) is 5.72. The molecule has 0 aliphatic rings. The quantitative estimate of drug-likeness (QED) is 0.0958. The van der Waals surface area contributed by atoms with E-state index < -0.39 is 78.7 Å². The van der Waals surface area contributed by atoms with E-state index in [1.54, 1.807) is 6.92 Å². The van der Waals surface area contributed by atoms with Gasteiger partial charge in [0.2, 0.25) is 0 Å². The van der Waals surface area contributed by atoms with Gasteiger partial charge < -0.3 is 4.74 Å². The van der Waals surface area contributed by atoms with Gasteiger partial charge in [-0.25, -0.2) is 8.78 Å². The van der Waals surface area contributed by atoms with Gasteiger partial charge in [0.1, 0.15) is 0 Å². The highest BCUT2D eigenvalue weighted by atomic mass is 19.4. The molecule has 0 rings (SSSR count). The number of halogens is 20. The van der Waals surface area contributed by atoms with Crippen molar-refractivity contribution in [3.8, 4) is 0 Å². The van der Waals surface area contributed by atoms with Gasteiger partial charge in [-0.2, -0.15) is 79.0 Å². The average Bonchev–Trinajstić information content (AvgIpc) is 2.79. The molecule has 0 bridgehead atoms. The topological polar surface area (TPSA) is 26.3 Å². The number of hydrogen-bond acceptors (Lipinski definition) is 2. The van der Waals surface area contributed by atoms with Crippen LogP contribution in [0.5, 0.6) is 0 Å². The molecule has 0 heterocycles. The summed E-state index contributed by atoms with van der Waals surface area (Å²) in [4.78, 5) is 11.2. The summed E-state index contributed by atoms with van der Waals surface area (Å²) in [5, 5.41) is 0. The molecule has 0 saturated carbocycles. The van der Waals surface area contributed by atoms with Crippen LogP contribution in [-0.4, -0.2) is 72.3 Å². The largest absolute Gasteiger partial charge is 0.459 e. The lowest BCUT2D eigenvalue weighted by Crippen LogP contribution is -2.76. The fourth-order valence-electron chi connectivity index (χ4n) is 2.59. The van der Waals surface area contributed by atoms with Gasteiger partial charge in [-0.1, -0.05) is 26.2 Å². The first-order chi connectivity index (χ1) is 17.4. The SMILES string of the molecule is CCCCCCC(=O)OCC(F)(F)C(F)(F)C(F)(F)C(F)(F)C(F)(F)C(F)(F)C(F)(F)C(F)(F)C(F)(F)C(F)F. The Labute approximate surface area is 210 Å². The van der Waals surface area contributed by atoms with Gasteiger partial charge in [0.05, 0.1) is 0 Å². The molecular formula is C18H16F20O2. The first kappa shape index (κ1) is 38.1. The van der Waals surface area contributed by atoms with E-state index in [9.17, 15) is 92.6 Å². The molecule has 0 aromatic rings. The normalized spacial score (nSPS) is 15.6. The fourth-order valence-corrected chi connectivity index (χ4v) is 2.59. The highest BCUT2D eigenvalue weighted by Gasteiger charge is 2.96. The Hall–Kier alpha value is -1.93. The zero-order valence-corrected chi connectivity index (χ0v) is 19.2. The van der Waals surface area contributed by atoms with Crippen LogP contribution in [0.25, 0.3) is 0 Å². The van der Waals surface area contributed by atoms with Gasteiger partial charge in [-0.05, 0) is 6.42 Å². The second-order valence-corrected chi connectivity index (χ2v) is 8.12. The molecule has 0 aliphatic carbocycles. The predicted octanol–water partition coefficient (Wildman–Crippen LogP) is 8.48. The second-order valence-electron chi connectivity index (χ2n) is 8.12. The molecule has 0 aromatic heterocycles. The maximum Gasteiger partial charge on any atom is 0.385 e. The molecule has 0 fully saturated rings. The van der Waals surface area contributed by atoms with Crippen molar-refractivity contribution >= 4 is 5.97 Å². The molecule has 40 heavy (non-hydrogen) atoms. The van der Waals surface area contributed by atoms with Crippen molar-refractivity contribution in [1.82, 2.24) is 0 Å². The molecule has 2 nitrogen and oxygen atoms in total. The Balaban J connectivity index is 6.47. The monoisotopic (exact) mass is 644 g/mol. The van der Waals surface area contributed by atoms with Crippen molar-refractivity contribution in [2.45, 2.75) is 98.8 Å². The number of ether oxygens (including phenoxy) is 1. The molecule has 0 unspecified atom stereocenters. The first-order valence-electron chi connectivity index (χ1n) is 10.2. The first-order valence-corrected chi connectivity index (χ1v) is 10.2. The third-order valence-electron chi connectivity index (χ3n) is 5.17. The van der Waals surface area contributed by atoms with Crippen LogP contribution in [0.15, 0.2) is 0 Å². The van der Waals surface area contributed by atoms with Crippen LogP contribution in [0.3, 0.4) is 0 Å². The van der Waals surface area contributed by atoms with Crippen LogP contribution in [-0.2, 0) is 9.53 Å². The molecule has 0 spiro atoms. The van der Waals surface area contributed by atoms with Gasteiger partial charge in [0.25, 0.3) is 0 Å². The number of rotatable bonds is 16. The molecule has 0 saturated heterocycles. The predicted molar refractivity (Wildman–Crippen MR) is 90.2 cm³/mol. The van der Waals surface area contributed by atoms with E-state index in [0.29, 0.717) is 12.8 Å². The van der Waals surface area contributed by atoms with Crippen molar-refractivity contribution in [3.05, 3.63) is 0 Å². The van der Waals surface area contributed by atoms with Gasteiger partial charge in [0.15, 0.2) is 6.61 Å².